The molecule has 0 saturated carbocycles. The standard InChI is InChI=1S/C8H8F9NO3/c9-6(10,11)5(7(12,13)14,8(15,16)17)21-2-1-3(18)4(19)20/h3H,1-2,18H2,(H,19,20)/t3-/m0/s1. The van der Waals surface area contributed by atoms with Gasteiger partial charge in [-0.15, -0.1) is 0 Å². The van der Waals surface area contributed by atoms with Crippen molar-refractivity contribution in [3.05, 3.63) is 0 Å². The lowest BCUT2D eigenvalue weighted by molar-refractivity contribution is -0.457. The van der Waals surface area contributed by atoms with Crippen LogP contribution in [0.15, 0.2) is 0 Å². The molecule has 21 heavy (non-hydrogen) atoms. The van der Waals surface area contributed by atoms with Crippen LogP contribution in [-0.2, 0) is 9.53 Å². The van der Waals surface area contributed by atoms with Crippen LogP contribution in [0, 0.1) is 0 Å². The number of hydrogen-bond acceptors (Lipinski definition) is 3. The van der Waals surface area contributed by atoms with E-state index in [4.69, 9.17) is 10.8 Å². The number of carboxylic acid groups (broad SMARTS) is 1. The lowest BCUT2D eigenvalue weighted by Gasteiger charge is -2.38. The first-order valence-electron chi connectivity index (χ1n) is 4.90. The Balaban J connectivity index is 5.49. The third kappa shape index (κ3) is 3.90. The maximum atomic E-state index is 12.3. The van der Waals surface area contributed by atoms with E-state index in [9.17, 15) is 44.3 Å². The third-order valence-corrected chi connectivity index (χ3v) is 2.26. The highest BCUT2D eigenvalue weighted by Crippen LogP contribution is 2.54. The molecule has 0 aliphatic rings. The van der Waals surface area contributed by atoms with E-state index in [0.717, 1.165) is 0 Å². The Bertz CT molecular complexity index is 337. The maximum absolute atomic E-state index is 12.3. The van der Waals surface area contributed by atoms with Gasteiger partial charge in [-0.1, -0.05) is 0 Å². The molecule has 0 aliphatic carbocycles. The summed E-state index contributed by atoms with van der Waals surface area (Å²) in [6.07, 6.45) is -21.7. The second kappa shape index (κ2) is 5.87. The molecule has 0 aromatic heterocycles. The largest absolute Gasteiger partial charge is 0.480 e. The molecule has 0 aliphatic heterocycles. The fourth-order valence-corrected chi connectivity index (χ4v) is 1.19. The number of ether oxygens (including phenoxy) is 1. The molecule has 0 amide bonds. The molecule has 0 rings (SSSR count). The highest BCUT2D eigenvalue weighted by Gasteiger charge is 2.85. The molecular formula is C8H8F9NO3. The third-order valence-electron chi connectivity index (χ3n) is 2.26. The molecule has 3 N–H and O–H groups in total. The molecular weight excluding hydrogens is 329 g/mol. The van der Waals surface area contributed by atoms with Gasteiger partial charge in [0.2, 0.25) is 0 Å². The number of hydrogen-bond donors (Lipinski definition) is 2. The minimum atomic E-state index is -6.85. The van der Waals surface area contributed by atoms with Crippen LogP contribution in [0.25, 0.3) is 0 Å². The first-order valence-corrected chi connectivity index (χ1v) is 4.90. The number of halogens is 9. The second-order valence-electron chi connectivity index (χ2n) is 3.76. The molecule has 0 bridgehead atoms. The summed E-state index contributed by atoms with van der Waals surface area (Å²) >= 11 is 0. The molecule has 0 aromatic carbocycles. The quantitative estimate of drug-likeness (QED) is 0.755. The molecule has 0 unspecified atom stereocenters. The Kier molecular flexibility index (Phi) is 5.52. The highest BCUT2D eigenvalue weighted by molar-refractivity contribution is 5.72. The SMILES string of the molecule is N[C@@H](CCOC(C(F)(F)F)(C(F)(F)F)C(F)(F)F)C(=O)O. The molecule has 0 spiro atoms. The summed E-state index contributed by atoms with van der Waals surface area (Å²) < 4.78 is 114. The molecule has 0 aromatic rings. The zero-order chi connectivity index (χ0) is 17.3. The Morgan fingerprint density at radius 1 is 0.952 bits per heavy atom. The van der Waals surface area contributed by atoms with E-state index in [-0.39, 0.29) is 0 Å². The molecule has 0 saturated heterocycles. The average Bonchev–Trinajstić information content (AvgIpc) is 2.17. The van der Waals surface area contributed by atoms with Crippen molar-refractivity contribution in [1.29, 1.82) is 0 Å². The number of rotatable bonds is 5. The molecule has 0 heterocycles. The van der Waals surface area contributed by atoms with Crippen molar-refractivity contribution in [1.82, 2.24) is 0 Å². The van der Waals surface area contributed by atoms with E-state index >= 15 is 0 Å². The van der Waals surface area contributed by atoms with Crippen molar-refractivity contribution in [3.63, 3.8) is 0 Å². The average molecular weight is 337 g/mol. The van der Waals surface area contributed by atoms with Gasteiger partial charge in [0.05, 0.1) is 6.61 Å². The van der Waals surface area contributed by atoms with E-state index in [1.54, 1.807) is 0 Å². The first kappa shape index (κ1) is 19.8. The van der Waals surface area contributed by atoms with Gasteiger partial charge in [-0.3, -0.25) is 4.79 Å². The van der Waals surface area contributed by atoms with Gasteiger partial charge in [0.15, 0.2) is 0 Å². The monoisotopic (exact) mass is 337 g/mol. The summed E-state index contributed by atoms with van der Waals surface area (Å²) in [5.41, 5.74) is -1.66. The normalized spacial score (nSPS) is 15.9. The molecule has 0 fully saturated rings. The summed E-state index contributed by atoms with van der Waals surface area (Å²) in [7, 11) is 0. The van der Waals surface area contributed by atoms with Crippen LogP contribution in [-0.4, -0.2) is 47.9 Å². The number of carbonyl (C=O) groups is 1. The fraction of sp³-hybridized carbons (Fsp3) is 0.875. The zero-order valence-electron chi connectivity index (χ0n) is 9.73. The minimum Gasteiger partial charge on any atom is -0.480 e. The van der Waals surface area contributed by atoms with Gasteiger partial charge in [-0.05, 0) is 6.42 Å². The first-order chi connectivity index (χ1) is 9.08. The Morgan fingerprint density at radius 2 is 1.29 bits per heavy atom. The van der Waals surface area contributed by atoms with Gasteiger partial charge >= 0.3 is 30.1 Å². The molecule has 4 nitrogen and oxygen atoms in total. The minimum absolute atomic E-state index is 1.18. The van der Waals surface area contributed by atoms with Crippen LogP contribution in [0.1, 0.15) is 6.42 Å². The van der Waals surface area contributed by atoms with Crippen molar-refractivity contribution >= 4 is 5.97 Å². The van der Waals surface area contributed by atoms with Gasteiger partial charge in [-0.2, -0.15) is 39.5 Å². The summed E-state index contributed by atoms with van der Waals surface area (Å²) in [5.74, 6) is -1.82. The number of carboxylic acids is 1. The lowest BCUT2D eigenvalue weighted by atomic mass is 10.0. The predicted molar refractivity (Wildman–Crippen MR) is 47.1 cm³/mol. The van der Waals surface area contributed by atoms with E-state index in [1.165, 1.54) is 0 Å². The Morgan fingerprint density at radius 3 is 1.52 bits per heavy atom. The zero-order valence-corrected chi connectivity index (χ0v) is 9.73. The second-order valence-corrected chi connectivity index (χ2v) is 3.76. The Hall–Kier alpha value is -1.24. The molecule has 126 valence electrons. The topological polar surface area (TPSA) is 72.5 Å². The molecule has 13 heteroatoms. The van der Waals surface area contributed by atoms with Crippen molar-refractivity contribution in [2.24, 2.45) is 5.73 Å². The lowest BCUT2D eigenvalue weighted by Crippen LogP contribution is -2.67. The van der Waals surface area contributed by atoms with Crippen molar-refractivity contribution in [2.75, 3.05) is 6.61 Å². The van der Waals surface area contributed by atoms with Crippen LogP contribution < -0.4 is 5.73 Å². The summed E-state index contributed by atoms with van der Waals surface area (Å²) in [4.78, 5) is 10.2. The number of aliphatic carboxylic acids is 1. The molecule has 0 radical (unpaired) electrons. The summed E-state index contributed by atoms with van der Waals surface area (Å²) in [6.45, 7) is -1.81. The van der Waals surface area contributed by atoms with Crippen molar-refractivity contribution in [2.45, 2.75) is 36.6 Å². The van der Waals surface area contributed by atoms with Gasteiger partial charge < -0.3 is 15.6 Å². The van der Waals surface area contributed by atoms with E-state index in [1.807, 2.05) is 0 Å². The smallest absolute Gasteiger partial charge is 0.435 e. The fourth-order valence-electron chi connectivity index (χ4n) is 1.19. The number of nitrogens with two attached hydrogens (primary N) is 1. The number of alkyl halides is 9. The van der Waals surface area contributed by atoms with Crippen LogP contribution in [0.2, 0.25) is 0 Å². The van der Waals surface area contributed by atoms with E-state index < -0.39 is 49.2 Å². The predicted octanol–water partition coefficient (Wildman–Crippen LogP) is 2.23. The summed E-state index contributed by atoms with van der Waals surface area (Å²) in [6, 6.07) is -1.97. The highest BCUT2D eigenvalue weighted by atomic mass is 19.4. The van der Waals surface area contributed by atoms with Crippen molar-refractivity contribution in [3.8, 4) is 0 Å². The van der Waals surface area contributed by atoms with Crippen LogP contribution in [0.4, 0.5) is 39.5 Å². The molecule has 1 atom stereocenters. The van der Waals surface area contributed by atoms with Crippen LogP contribution in [0.3, 0.4) is 0 Å². The maximum Gasteiger partial charge on any atom is 0.435 e. The van der Waals surface area contributed by atoms with E-state index in [2.05, 4.69) is 4.74 Å². The van der Waals surface area contributed by atoms with Crippen molar-refractivity contribution < 1.29 is 54.2 Å². The van der Waals surface area contributed by atoms with E-state index in [0.29, 0.717) is 0 Å². The van der Waals surface area contributed by atoms with Crippen LogP contribution >= 0.6 is 0 Å². The van der Waals surface area contributed by atoms with Gasteiger partial charge in [0.1, 0.15) is 6.04 Å². The Labute approximate surface area is 110 Å². The van der Waals surface area contributed by atoms with Gasteiger partial charge in [-0.25, -0.2) is 0 Å². The summed E-state index contributed by atoms with van der Waals surface area (Å²) in [5, 5.41) is 8.24. The van der Waals surface area contributed by atoms with Gasteiger partial charge in [0.25, 0.3) is 0 Å². The van der Waals surface area contributed by atoms with Gasteiger partial charge in [0, 0.05) is 0 Å². The van der Waals surface area contributed by atoms with Crippen LogP contribution in [0.5, 0.6) is 0 Å².